The number of hydrogen-bond donors (Lipinski definition) is 1. The third kappa shape index (κ3) is 4.55. The summed E-state index contributed by atoms with van der Waals surface area (Å²) in [7, 11) is -4.13. The Bertz CT molecular complexity index is 960. The van der Waals surface area contributed by atoms with Gasteiger partial charge in [0.15, 0.2) is 0 Å². The molecule has 0 fully saturated rings. The van der Waals surface area contributed by atoms with Crippen molar-refractivity contribution in [1.82, 2.24) is 4.31 Å². The summed E-state index contributed by atoms with van der Waals surface area (Å²) in [6.45, 7) is 3.53. The summed E-state index contributed by atoms with van der Waals surface area (Å²) < 4.78 is 45.6. The number of nitrogens with zero attached hydrogens (tertiary/aromatic N) is 1. The van der Waals surface area contributed by atoms with Gasteiger partial charge >= 0.3 is 5.97 Å². The van der Waals surface area contributed by atoms with Crippen LogP contribution in [0.3, 0.4) is 0 Å². The highest BCUT2D eigenvalue weighted by Crippen LogP contribution is 2.23. The van der Waals surface area contributed by atoms with Crippen LogP contribution in [0, 0.1) is 5.82 Å². The highest BCUT2D eigenvalue weighted by molar-refractivity contribution is 7.89. The number of sulfonamides is 1. The Morgan fingerprint density at radius 1 is 1.11 bits per heavy atom. The summed E-state index contributed by atoms with van der Waals surface area (Å²) in [5.41, 5.74) is 5.46. The molecule has 9 heteroatoms. The van der Waals surface area contributed by atoms with Gasteiger partial charge in [-0.3, -0.25) is 4.79 Å². The number of nitrogens with two attached hydrogens (primary N) is 1. The van der Waals surface area contributed by atoms with E-state index in [-0.39, 0.29) is 18.7 Å². The molecule has 0 aliphatic rings. The molecule has 2 rings (SSSR count). The van der Waals surface area contributed by atoms with E-state index in [4.69, 9.17) is 10.5 Å². The zero-order valence-corrected chi connectivity index (χ0v) is 16.3. The fourth-order valence-electron chi connectivity index (χ4n) is 2.62. The number of carbonyl (C=O) groups is 2. The van der Waals surface area contributed by atoms with E-state index in [9.17, 15) is 22.4 Å². The van der Waals surface area contributed by atoms with Gasteiger partial charge in [-0.25, -0.2) is 17.6 Å². The molecule has 0 aliphatic carbocycles. The molecule has 0 saturated carbocycles. The molecular weight excluding hydrogens is 387 g/mol. The molecule has 1 amide bonds. The summed E-state index contributed by atoms with van der Waals surface area (Å²) in [6, 6.07) is 11.0. The lowest BCUT2D eigenvalue weighted by atomic mass is 10.1. The first-order chi connectivity index (χ1) is 13.2. The van der Waals surface area contributed by atoms with E-state index in [2.05, 4.69) is 0 Å². The maximum absolute atomic E-state index is 14.2. The smallest absolute Gasteiger partial charge is 0.339 e. The second kappa shape index (κ2) is 8.94. The SMILES string of the molecule is CCN(CC)S(=O)(=O)c1cc(C(=O)O[C@H](C(N)=O)c2ccccc2)ccc1F. The van der Waals surface area contributed by atoms with Gasteiger partial charge in [-0.1, -0.05) is 44.2 Å². The summed E-state index contributed by atoms with van der Waals surface area (Å²) in [6.07, 6.45) is -1.36. The third-order valence-electron chi connectivity index (χ3n) is 4.08. The van der Waals surface area contributed by atoms with Crippen molar-refractivity contribution < 1.29 is 27.1 Å². The summed E-state index contributed by atoms with van der Waals surface area (Å²) in [5.74, 6) is -2.88. The van der Waals surface area contributed by atoms with E-state index >= 15 is 0 Å². The van der Waals surface area contributed by atoms with E-state index in [1.807, 2.05) is 0 Å². The predicted molar refractivity (Wildman–Crippen MR) is 100 cm³/mol. The van der Waals surface area contributed by atoms with E-state index in [1.54, 1.807) is 44.2 Å². The number of hydrogen-bond acceptors (Lipinski definition) is 5. The minimum atomic E-state index is -4.13. The number of carbonyl (C=O) groups excluding carboxylic acids is 2. The molecule has 0 spiro atoms. The Hall–Kier alpha value is -2.78. The van der Waals surface area contributed by atoms with Crippen molar-refractivity contribution in [1.29, 1.82) is 0 Å². The fraction of sp³-hybridized carbons (Fsp3) is 0.263. The molecule has 2 aromatic carbocycles. The topological polar surface area (TPSA) is 107 Å². The zero-order chi connectivity index (χ0) is 20.9. The number of benzene rings is 2. The van der Waals surface area contributed by atoms with Gasteiger partial charge in [0.1, 0.15) is 10.7 Å². The van der Waals surface area contributed by atoms with Crippen molar-refractivity contribution in [3.8, 4) is 0 Å². The Kier molecular flexibility index (Phi) is 6.87. The summed E-state index contributed by atoms with van der Waals surface area (Å²) in [4.78, 5) is 23.5. The largest absolute Gasteiger partial charge is 0.444 e. The maximum Gasteiger partial charge on any atom is 0.339 e. The molecule has 2 aromatic rings. The number of amides is 1. The summed E-state index contributed by atoms with van der Waals surface area (Å²) in [5, 5.41) is 0. The number of esters is 1. The van der Waals surface area contributed by atoms with Gasteiger partial charge in [-0.15, -0.1) is 0 Å². The van der Waals surface area contributed by atoms with Gasteiger partial charge in [0.2, 0.25) is 16.1 Å². The first-order valence-corrected chi connectivity index (χ1v) is 10.0. The van der Waals surface area contributed by atoms with E-state index < -0.39 is 38.7 Å². The average Bonchev–Trinajstić information content (AvgIpc) is 2.67. The molecule has 150 valence electrons. The molecule has 0 heterocycles. The van der Waals surface area contributed by atoms with Crippen LogP contribution < -0.4 is 5.73 Å². The summed E-state index contributed by atoms with van der Waals surface area (Å²) >= 11 is 0. The van der Waals surface area contributed by atoms with Crippen molar-refractivity contribution in [2.75, 3.05) is 13.1 Å². The highest BCUT2D eigenvalue weighted by Gasteiger charge is 2.28. The fourth-order valence-corrected chi connectivity index (χ4v) is 4.17. The first-order valence-electron chi connectivity index (χ1n) is 8.57. The van der Waals surface area contributed by atoms with Crippen molar-refractivity contribution in [2.24, 2.45) is 5.73 Å². The quantitative estimate of drug-likeness (QED) is 0.674. The molecule has 0 bridgehead atoms. The Morgan fingerprint density at radius 3 is 2.25 bits per heavy atom. The highest BCUT2D eigenvalue weighted by atomic mass is 32.2. The minimum absolute atomic E-state index is 0.144. The average molecular weight is 408 g/mol. The molecule has 28 heavy (non-hydrogen) atoms. The standard InChI is InChI=1S/C19H21FN2O5S/c1-3-22(4-2)28(25,26)16-12-14(10-11-15(16)20)19(24)27-17(18(21)23)13-8-6-5-7-9-13/h5-12,17H,3-4H2,1-2H3,(H2,21,23)/t17-/m0/s1. The molecule has 0 unspecified atom stereocenters. The van der Waals surface area contributed by atoms with Crippen molar-refractivity contribution in [3.63, 3.8) is 0 Å². The number of primary amides is 1. The predicted octanol–water partition coefficient (Wildman–Crippen LogP) is 2.24. The Balaban J connectivity index is 2.38. The monoisotopic (exact) mass is 408 g/mol. The van der Waals surface area contributed by atoms with Gasteiger partial charge in [-0.05, 0) is 18.2 Å². The van der Waals surface area contributed by atoms with Crippen LogP contribution in [0.25, 0.3) is 0 Å². The number of ether oxygens (including phenoxy) is 1. The van der Waals surface area contributed by atoms with Crippen LogP contribution in [0.1, 0.15) is 35.9 Å². The Morgan fingerprint density at radius 2 is 1.71 bits per heavy atom. The lowest BCUT2D eigenvalue weighted by Crippen LogP contribution is -2.31. The molecule has 2 N–H and O–H groups in total. The van der Waals surface area contributed by atoms with Crippen LogP contribution in [-0.2, 0) is 19.6 Å². The van der Waals surface area contributed by atoms with Gasteiger partial charge in [0, 0.05) is 18.7 Å². The second-order valence-corrected chi connectivity index (χ2v) is 7.74. The van der Waals surface area contributed by atoms with Gasteiger partial charge < -0.3 is 10.5 Å². The van der Waals surface area contributed by atoms with Gasteiger partial charge in [0.05, 0.1) is 5.56 Å². The van der Waals surface area contributed by atoms with Crippen LogP contribution in [-0.4, -0.2) is 37.7 Å². The second-order valence-electron chi connectivity index (χ2n) is 5.83. The van der Waals surface area contributed by atoms with Crippen LogP contribution >= 0.6 is 0 Å². The van der Waals surface area contributed by atoms with Crippen LogP contribution in [0.5, 0.6) is 0 Å². The van der Waals surface area contributed by atoms with Crippen molar-refractivity contribution >= 4 is 21.9 Å². The zero-order valence-electron chi connectivity index (χ0n) is 15.5. The van der Waals surface area contributed by atoms with Crippen molar-refractivity contribution in [2.45, 2.75) is 24.8 Å². The number of rotatable bonds is 8. The molecule has 7 nitrogen and oxygen atoms in total. The molecule has 0 radical (unpaired) electrons. The maximum atomic E-state index is 14.2. The van der Waals surface area contributed by atoms with E-state index in [0.29, 0.717) is 5.56 Å². The third-order valence-corrected chi connectivity index (χ3v) is 6.14. The molecular formula is C19H21FN2O5S. The van der Waals surface area contributed by atoms with Crippen molar-refractivity contribution in [3.05, 3.63) is 65.5 Å². The lowest BCUT2D eigenvalue weighted by molar-refractivity contribution is -0.127. The molecule has 0 saturated heterocycles. The Labute approximate surface area is 163 Å². The van der Waals surface area contributed by atoms with Crippen LogP contribution in [0.2, 0.25) is 0 Å². The normalized spacial score (nSPS) is 12.6. The van der Waals surface area contributed by atoms with Crippen LogP contribution in [0.15, 0.2) is 53.4 Å². The van der Waals surface area contributed by atoms with Gasteiger partial charge in [-0.2, -0.15) is 4.31 Å². The molecule has 0 aromatic heterocycles. The first kappa shape index (κ1) is 21.5. The number of halogens is 1. The minimum Gasteiger partial charge on any atom is -0.444 e. The van der Waals surface area contributed by atoms with Gasteiger partial charge in [0.25, 0.3) is 5.91 Å². The lowest BCUT2D eigenvalue weighted by Gasteiger charge is -2.19. The van der Waals surface area contributed by atoms with Crippen LogP contribution in [0.4, 0.5) is 4.39 Å². The van der Waals surface area contributed by atoms with E-state index in [0.717, 1.165) is 22.5 Å². The van der Waals surface area contributed by atoms with E-state index in [1.165, 1.54) is 0 Å². The molecule has 1 atom stereocenters. The molecule has 0 aliphatic heterocycles.